The summed E-state index contributed by atoms with van der Waals surface area (Å²) in [7, 11) is 1.74. The maximum absolute atomic E-state index is 13.6. The molecule has 1 aliphatic heterocycles. The average Bonchev–Trinajstić information content (AvgIpc) is 2.79. The van der Waals surface area contributed by atoms with Crippen LogP contribution in [0.2, 0.25) is 0 Å². The number of aromatic nitrogens is 3. The first kappa shape index (κ1) is 15.5. The maximum atomic E-state index is 13.6. The molecule has 6 nitrogen and oxygen atoms in total. The number of halogens is 1. The molecule has 122 valence electrons. The van der Waals surface area contributed by atoms with E-state index in [0.29, 0.717) is 12.4 Å². The number of nitrogens with one attached hydrogen (secondary N) is 1. The minimum atomic E-state index is -0.277. The smallest absolute Gasteiger partial charge is 0.317 e. The van der Waals surface area contributed by atoms with E-state index >= 15 is 0 Å². The Morgan fingerprint density at radius 3 is 2.96 bits per heavy atom. The van der Waals surface area contributed by atoms with E-state index in [9.17, 15) is 9.18 Å². The van der Waals surface area contributed by atoms with Gasteiger partial charge in [-0.3, -0.25) is 10.00 Å². The van der Waals surface area contributed by atoms with Crippen molar-refractivity contribution in [2.75, 3.05) is 11.9 Å². The second-order valence-corrected chi connectivity index (χ2v) is 5.82. The average molecular weight is 317 g/mol. The number of likely N-dealkylation sites (tertiary alicyclic amines) is 1. The van der Waals surface area contributed by atoms with E-state index in [2.05, 4.69) is 15.6 Å². The van der Waals surface area contributed by atoms with Crippen molar-refractivity contribution in [1.29, 1.82) is 0 Å². The highest BCUT2D eigenvalue weighted by Gasteiger charge is 2.27. The Hall–Kier alpha value is -2.44. The minimum Gasteiger partial charge on any atom is -0.317 e. The van der Waals surface area contributed by atoms with E-state index in [4.69, 9.17) is 0 Å². The summed E-state index contributed by atoms with van der Waals surface area (Å²) >= 11 is 0. The molecule has 1 atom stereocenters. The summed E-state index contributed by atoms with van der Waals surface area (Å²) in [6.07, 6.45) is 5.51. The molecule has 7 heteroatoms. The van der Waals surface area contributed by atoms with E-state index in [1.807, 2.05) is 6.07 Å². The van der Waals surface area contributed by atoms with Crippen molar-refractivity contribution in [3.63, 3.8) is 0 Å². The molecule has 0 aliphatic carbocycles. The fraction of sp³-hybridized carbons (Fsp3) is 0.438. The number of aryl methyl sites for hydroxylation is 1. The van der Waals surface area contributed by atoms with Crippen molar-refractivity contribution < 1.29 is 9.18 Å². The van der Waals surface area contributed by atoms with Crippen LogP contribution in [0.15, 0.2) is 30.5 Å². The molecule has 1 N–H and O–H groups in total. The predicted octanol–water partition coefficient (Wildman–Crippen LogP) is 3.10. The van der Waals surface area contributed by atoms with Gasteiger partial charge in [-0.1, -0.05) is 30.2 Å². The van der Waals surface area contributed by atoms with Crippen LogP contribution >= 0.6 is 0 Å². The van der Waals surface area contributed by atoms with Gasteiger partial charge in [0.25, 0.3) is 0 Å². The minimum absolute atomic E-state index is 0.120. The second kappa shape index (κ2) is 6.76. The molecule has 2 aromatic rings. The van der Waals surface area contributed by atoms with Gasteiger partial charge in [-0.05, 0) is 30.5 Å². The highest BCUT2D eigenvalue weighted by molar-refractivity contribution is 5.88. The Bertz CT molecular complexity index is 687. The van der Waals surface area contributed by atoms with Gasteiger partial charge in [0.1, 0.15) is 5.82 Å². The van der Waals surface area contributed by atoms with Crippen LogP contribution in [0.5, 0.6) is 0 Å². The van der Waals surface area contributed by atoms with Gasteiger partial charge in [0, 0.05) is 13.6 Å². The first-order valence-corrected chi connectivity index (χ1v) is 7.83. The first-order chi connectivity index (χ1) is 11.1. The van der Waals surface area contributed by atoms with Crippen LogP contribution in [0.1, 0.15) is 37.3 Å². The number of rotatable bonds is 2. The van der Waals surface area contributed by atoms with Gasteiger partial charge in [0.15, 0.2) is 5.82 Å². The summed E-state index contributed by atoms with van der Waals surface area (Å²) in [4.78, 5) is 14.4. The number of benzene rings is 1. The number of carbonyl (C=O) groups is 1. The number of hydrogen-bond acceptors (Lipinski definition) is 3. The zero-order valence-electron chi connectivity index (χ0n) is 13.1. The molecular formula is C16H20FN5O. The van der Waals surface area contributed by atoms with E-state index in [1.165, 1.54) is 16.8 Å². The highest BCUT2D eigenvalue weighted by Crippen LogP contribution is 2.30. The second-order valence-electron chi connectivity index (χ2n) is 5.82. The normalized spacial score (nSPS) is 18.5. The Morgan fingerprint density at radius 1 is 1.35 bits per heavy atom. The Morgan fingerprint density at radius 2 is 2.22 bits per heavy atom. The summed E-state index contributed by atoms with van der Waals surface area (Å²) < 4.78 is 15.1. The molecule has 1 aromatic carbocycles. The molecule has 0 spiro atoms. The van der Waals surface area contributed by atoms with E-state index in [-0.39, 0.29) is 17.9 Å². The molecular weight excluding hydrogens is 297 g/mol. The lowest BCUT2D eigenvalue weighted by molar-refractivity contribution is 0.189. The molecule has 2 heterocycles. The van der Waals surface area contributed by atoms with Crippen molar-refractivity contribution in [1.82, 2.24) is 19.9 Å². The van der Waals surface area contributed by atoms with Gasteiger partial charge < -0.3 is 4.90 Å². The molecule has 1 aromatic heterocycles. The van der Waals surface area contributed by atoms with Gasteiger partial charge in [-0.25, -0.2) is 9.18 Å². The van der Waals surface area contributed by atoms with Crippen molar-refractivity contribution in [2.45, 2.75) is 31.7 Å². The Balaban J connectivity index is 1.82. The lowest BCUT2D eigenvalue weighted by Crippen LogP contribution is -2.38. The van der Waals surface area contributed by atoms with Crippen LogP contribution < -0.4 is 5.32 Å². The molecule has 0 saturated carbocycles. The fourth-order valence-corrected chi connectivity index (χ4v) is 3.00. The van der Waals surface area contributed by atoms with Crippen molar-refractivity contribution in [2.24, 2.45) is 7.05 Å². The number of nitrogens with zero attached hydrogens (tertiary/aromatic N) is 4. The molecule has 3 rings (SSSR count). The predicted molar refractivity (Wildman–Crippen MR) is 84.3 cm³/mol. The Labute approximate surface area is 134 Å². The summed E-state index contributed by atoms with van der Waals surface area (Å²) in [6, 6.07) is 6.16. The SMILES string of the molecule is Cn1cc(NC(=O)N2CCCCC[C@@H]2c2cccc(F)c2)nn1. The topological polar surface area (TPSA) is 63.1 Å². The number of hydrogen-bond donors (Lipinski definition) is 1. The molecule has 0 bridgehead atoms. The van der Waals surface area contributed by atoms with Gasteiger partial charge in [-0.2, -0.15) is 0 Å². The largest absolute Gasteiger partial charge is 0.323 e. The van der Waals surface area contributed by atoms with Gasteiger partial charge in [0.2, 0.25) is 0 Å². The van der Waals surface area contributed by atoms with E-state index in [0.717, 1.165) is 31.2 Å². The quantitative estimate of drug-likeness (QED) is 0.925. The van der Waals surface area contributed by atoms with Crippen LogP contribution in [0.3, 0.4) is 0 Å². The zero-order valence-corrected chi connectivity index (χ0v) is 13.1. The van der Waals surface area contributed by atoms with Crippen molar-refractivity contribution >= 4 is 11.8 Å². The highest BCUT2D eigenvalue weighted by atomic mass is 19.1. The standard InChI is InChI=1S/C16H20FN5O/c1-21-11-15(19-20-21)18-16(23)22-9-4-2-3-8-14(22)12-6-5-7-13(17)10-12/h5-7,10-11,14H,2-4,8-9H2,1H3,(H,18,23)/t14-/m1/s1. The molecule has 0 radical (unpaired) electrons. The number of carbonyl (C=O) groups excluding carboxylic acids is 1. The molecule has 1 saturated heterocycles. The molecule has 0 unspecified atom stereocenters. The first-order valence-electron chi connectivity index (χ1n) is 7.83. The van der Waals surface area contributed by atoms with Crippen molar-refractivity contribution in [3.05, 3.63) is 41.8 Å². The lowest BCUT2D eigenvalue weighted by Gasteiger charge is -2.30. The summed E-state index contributed by atoms with van der Waals surface area (Å²) in [6.45, 7) is 0.646. The third kappa shape index (κ3) is 3.67. The van der Waals surface area contributed by atoms with E-state index in [1.54, 1.807) is 24.2 Å². The molecule has 1 fully saturated rings. The number of amides is 2. The molecule has 23 heavy (non-hydrogen) atoms. The third-order valence-electron chi connectivity index (χ3n) is 4.08. The summed E-state index contributed by atoms with van der Waals surface area (Å²) in [5.74, 6) is 0.140. The Kier molecular flexibility index (Phi) is 4.55. The van der Waals surface area contributed by atoms with Crippen LogP contribution in [0.4, 0.5) is 15.0 Å². The number of anilines is 1. The summed E-state index contributed by atoms with van der Waals surface area (Å²) in [5.41, 5.74) is 0.834. The van der Waals surface area contributed by atoms with Crippen LogP contribution in [0, 0.1) is 5.82 Å². The fourth-order valence-electron chi connectivity index (χ4n) is 3.00. The van der Waals surface area contributed by atoms with Gasteiger partial charge >= 0.3 is 6.03 Å². The van der Waals surface area contributed by atoms with Crippen LogP contribution in [-0.2, 0) is 7.05 Å². The van der Waals surface area contributed by atoms with Gasteiger partial charge in [-0.15, -0.1) is 5.10 Å². The maximum Gasteiger partial charge on any atom is 0.323 e. The third-order valence-corrected chi connectivity index (χ3v) is 4.08. The van der Waals surface area contributed by atoms with E-state index < -0.39 is 0 Å². The molecule has 1 aliphatic rings. The molecule has 2 amide bonds. The summed E-state index contributed by atoms with van der Waals surface area (Å²) in [5, 5.41) is 10.5. The van der Waals surface area contributed by atoms with Gasteiger partial charge in [0.05, 0.1) is 12.2 Å². The zero-order chi connectivity index (χ0) is 16.2. The van der Waals surface area contributed by atoms with Crippen LogP contribution in [0.25, 0.3) is 0 Å². The lowest BCUT2D eigenvalue weighted by atomic mass is 10.0. The van der Waals surface area contributed by atoms with Crippen molar-refractivity contribution in [3.8, 4) is 0 Å². The monoisotopic (exact) mass is 317 g/mol. The van der Waals surface area contributed by atoms with Crippen LogP contribution in [-0.4, -0.2) is 32.5 Å². The number of urea groups is 1.